The molecule has 0 aromatic heterocycles. The van der Waals surface area contributed by atoms with Gasteiger partial charge in [0.05, 0.1) is 0 Å². The van der Waals surface area contributed by atoms with Crippen molar-refractivity contribution in [2.24, 2.45) is 0 Å². The fourth-order valence-electron chi connectivity index (χ4n) is 0.678. The molecule has 0 aliphatic carbocycles. The van der Waals surface area contributed by atoms with Gasteiger partial charge in [0.2, 0.25) is 0 Å². The van der Waals surface area contributed by atoms with Crippen LogP contribution in [0.1, 0.15) is 26.2 Å². The first-order chi connectivity index (χ1) is 5.31. The molecule has 0 spiro atoms. The average Bonchev–Trinajstić information content (AvgIpc) is 1.85. The van der Waals surface area contributed by atoms with E-state index in [1.807, 2.05) is 0 Å². The lowest BCUT2D eigenvalue weighted by Gasteiger charge is -2.22. The van der Waals surface area contributed by atoms with Crippen LogP contribution in [0.3, 0.4) is 0 Å². The van der Waals surface area contributed by atoms with E-state index in [0.29, 0.717) is 0 Å². The van der Waals surface area contributed by atoms with Crippen molar-refractivity contribution < 1.29 is 22.7 Å². The molecule has 0 fully saturated rings. The molecule has 0 saturated heterocycles. The zero-order valence-electron chi connectivity index (χ0n) is 6.79. The van der Waals surface area contributed by atoms with Gasteiger partial charge in [0.1, 0.15) is 0 Å². The molecule has 0 heterocycles. The molecule has 5 heteroatoms. The third kappa shape index (κ3) is 3.38. The summed E-state index contributed by atoms with van der Waals surface area (Å²) < 4.78 is 49.1. The highest BCUT2D eigenvalue weighted by Gasteiger charge is 2.51. The maximum atomic E-state index is 12.4. The molecule has 0 aromatic carbocycles. The minimum absolute atomic E-state index is 0.0903. The lowest BCUT2D eigenvalue weighted by molar-refractivity contribution is -0.201. The van der Waals surface area contributed by atoms with Crippen LogP contribution < -0.4 is 0 Å². The van der Waals surface area contributed by atoms with Crippen molar-refractivity contribution in [3.8, 4) is 0 Å². The molecule has 0 bridgehead atoms. The van der Waals surface area contributed by atoms with Crippen LogP contribution in [0, 0.1) is 0 Å². The molecule has 0 radical (unpaired) electrons. The molecule has 0 aliphatic rings. The second kappa shape index (κ2) is 4.07. The SMILES string of the molecule is CC(F)(F)C(F)(F)CCCCO. The molecule has 1 nitrogen and oxygen atoms in total. The van der Waals surface area contributed by atoms with E-state index in [1.165, 1.54) is 0 Å². The number of hydrogen-bond donors (Lipinski definition) is 1. The number of halogens is 4. The van der Waals surface area contributed by atoms with Crippen LogP contribution in [0.4, 0.5) is 17.6 Å². The zero-order chi connectivity index (χ0) is 9.83. The quantitative estimate of drug-likeness (QED) is 0.519. The van der Waals surface area contributed by atoms with Crippen LogP contribution in [0.2, 0.25) is 0 Å². The third-order valence-corrected chi connectivity index (χ3v) is 1.54. The molecule has 0 rings (SSSR count). The van der Waals surface area contributed by atoms with Crippen LogP contribution in [-0.4, -0.2) is 23.6 Å². The van der Waals surface area contributed by atoms with Gasteiger partial charge in [-0.1, -0.05) is 0 Å². The molecule has 0 saturated carbocycles. The van der Waals surface area contributed by atoms with Gasteiger partial charge >= 0.3 is 11.8 Å². The third-order valence-electron chi connectivity index (χ3n) is 1.54. The summed E-state index contributed by atoms with van der Waals surface area (Å²) in [4.78, 5) is 0. The molecule has 74 valence electrons. The van der Waals surface area contributed by atoms with Crippen LogP contribution in [0.25, 0.3) is 0 Å². The minimum atomic E-state index is -3.97. The number of aliphatic hydroxyl groups excluding tert-OH is 1. The second-order valence-electron chi connectivity index (χ2n) is 2.77. The van der Waals surface area contributed by atoms with Gasteiger partial charge in [0, 0.05) is 20.0 Å². The van der Waals surface area contributed by atoms with Gasteiger partial charge in [-0.05, 0) is 12.8 Å². The largest absolute Gasteiger partial charge is 0.396 e. The van der Waals surface area contributed by atoms with E-state index in [9.17, 15) is 17.6 Å². The standard InChI is InChI=1S/C7H12F4O/c1-6(8,9)7(10,11)4-2-3-5-12/h12H,2-5H2,1H3. The highest BCUT2D eigenvalue weighted by molar-refractivity contribution is 4.79. The highest BCUT2D eigenvalue weighted by Crippen LogP contribution is 2.37. The van der Waals surface area contributed by atoms with Crippen molar-refractivity contribution in [3.05, 3.63) is 0 Å². The van der Waals surface area contributed by atoms with Crippen LogP contribution in [0.15, 0.2) is 0 Å². The summed E-state index contributed by atoms with van der Waals surface area (Å²) >= 11 is 0. The normalized spacial score (nSPS) is 13.5. The minimum Gasteiger partial charge on any atom is -0.396 e. The van der Waals surface area contributed by atoms with E-state index in [2.05, 4.69) is 0 Å². The molecule has 0 unspecified atom stereocenters. The fraction of sp³-hybridized carbons (Fsp3) is 1.00. The van der Waals surface area contributed by atoms with Gasteiger partial charge in [-0.3, -0.25) is 0 Å². The van der Waals surface area contributed by atoms with E-state index in [-0.39, 0.29) is 26.4 Å². The summed E-state index contributed by atoms with van der Waals surface area (Å²) in [7, 11) is 0. The highest BCUT2D eigenvalue weighted by atomic mass is 19.3. The Morgan fingerprint density at radius 3 is 1.92 bits per heavy atom. The molecular formula is C7H12F4O. The number of unbranched alkanes of at least 4 members (excludes halogenated alkanes) is 1. The van der Waals surface area contributed by atoms with Crippen LogP contribution in [-0.2, 0) is 0 Å². The first kappa shape index (κ1) is 11.7. The molecule has 0 aliphatic heterocycles. The topological polar surface area (TPSA) is 20.2 Å². The van der Waals surface area contributed by atoms with Crippen molar-refractivity contribution in [1.29, 1.82) is 0 Å². The van der Waals surface area contributed by atoms with E-state index < -0.39 is 18.3 Å². The number of aliphatic hydroxyl groups is 1. The summed E-state index contributed by atoms with van der Waals surface area (Å²) in [6.45, 7) is -0.0443. The first-order valence-electron chi connectivity index (χ1n) is 3.68. The number of rotatable bonds is 5. The summed E-state index contributed by atoms with van der Waals surface area (Å²) in [5, 5.41) is 8.23. The smallest absolute Gasteiger partial charge is 0.309 e. The van der Waals surface area contributed by atoms with Crippen LogP contribution in [0.5, 0.6) is 0 Å². The van der Waals surface area contributed by atoms with E-state index in [4.69, 9.17) is 5.11 Å². The molecule has 0 aromatic rings. The summed E-state index contributed by atoms with van der Waals surface area (Å²) in [6, 6.07) is 0. The van der Waals surface area contributed by atoms with E-state index in [1.54, 1.807) is 0 Å². The Morgan fingerprint density at radius 2 is 1.58 bits per heavy atom. The van der Waals surface area contributed by atoms with Crippen molar-refractivity contribution in [3.63, 3.8) is 0 Å². The van der Waals surface area contributed by atoms with Crippen LogP contribution >= 0.6 is 0 Å². The van der Waals surface area contributed by atoms with E-state index in [0.717, 1.165) is 0 Å². The Balaban J connectivity index is 3.88. The molecule has 0 amide bonds. The predicted molar refractivity (Wildman–Crippen MR) is 36.5 cm³/mol. The van der Waals surface area contributed by atoms with Crippen molar-refractivity contribution in [1.82, 2.24) is 0 Å². The summed E-state index contributed by atoms with van der Waals surface area (Å²) in [6.07, 6.45) is -0.838. The Morgan fingerprint density at radius 1 is 1.08 bits per heavy atom. The van der Waals surface area contributed by atoms with Gasteiger partial charge in [-0.25, -0.2) is 8.78 Å². The maximum absolute atomic E-state index is 12.4. The second-order valence-corrected chi connectivity index (χ2v) is 2.77. The Kier molecular flexibility index (Phi) is 3.96. The van der Waals surface area contributed by atoms with Crippen molar-refractivity contribution in [2.45, 2.75) is 38.0 Å². The number of alkyl halides is 4. The lowest BCUT2D eigenvalue weighted by Crippen LogP contribution is -2.37. The summed E-state index contributed by atoms with van der Waals surface area (Å²) in [5.74, 6) is -7.93. The summed E-state index contributed by atoms with van der Waals surface area (Å²) in [5.41, 5.74) is 0. The number of hydrogen-bond acceptors (Lipinski definition) is 1. The Hall–Kier alpha value is -0.320. The molecule has 0 atom stereocenters. The fourth-order valence-corrected chi connectivity index (χ4v) is 0.678. The van der Waals surface area contributed by atoms with Gasteiger partial charge < -0.3 is 5.11 Å². The van der Waals surface area contributed by atoms with Gasteiger partial charge in [0.15, 0.2) is 0 Å². The Bertz CT molecular complexity index is 130. The predicted octanol–water partition coefficient (Wildman–Crippen LogP) is 2.44. The maximum Gasteiger partial charge on any atom is 0.309 e. The first-order valence-corrected chi connectivity index (χ1v) is 3.68. The van der Waals surface area contributed by atoms with Gasteiger partial charge in [-0.2, -0.15) is 8.78 Å². The molecule has 1 N–H and O–H groups in total. The van der Waals surface area contributed by atoms with Crippen molar-refractivity contribution >= 4 is 0 Å². The zero-order valence-corrected chi connectivity index (χ0v) is 6.79. The average molecular weight is 188 g/mol. The van der Waals surface area contributed by atoms with Gasteiger partial charge in [0.25, 0.3) is 0 Å². The lowest BCUT2D eigenvalue weighted by atomic mass is 10.1. The van der Waals surface area contributed by atoms with Gasteiger partial charge in [-0.15, -0.1) is 0 Å². The van der Waals surface area contributed by atoms with Crippen molar-refractivity contribution in [2.75, 3.05) is 6.61 Å². The molecular weight excluding hydrogens is 176 g/mol. The Labute approximate surface area is 68.4 Å². The monoisotopic (exact) mass is 188 g/mol. The molecule has 12 heavy (non-hydrogen) atoms. The van der Waals surface area contributed by atoms with E-state index >= 15 is 0 Å².